The molecular weight excluding hydrogens is 248 g/mol. The van der Waals surface area contributed by atoms with Gasteiger partial charge in [-0.3, -0.25) is 4.79 Å². The largest absolute Gasteiger partial charge is 0.481 e. The van der Waals surface area contributed by atoms with E-state index in [-0.39, 0.29) is 18.3 Å². The highest BCUT2D eigenvalue weighted by Crippen LogP contribution is 2.55. The Hall–Kier alpha value is -1.28. The molecular formula is C15H15ClO2. The molecule has 0 saturated heterocycles. The minimum Gasteiger partial charge on any atom is -0.481 e. The summed E-state index contributed by atoms with van der Waals surface area (Å²) in [5.74, 6) is 0.617. The summed E-state index contributed by atoms with van der Waals surface area (Å²) in [7, 11) is 0. The fraction of sp³-hybridized carbons (Fsp3) is 0.400. The van der Waals surface area contributed by atoms with Crippen LogP contribution in [-0.2, 0) is 4.79 Å². The number of aliphatic carboxylic acids is 1. The normalized spacial score (nSPS) is 32.9. The van der Waals surface area contributed by atoms with Crippen LogP contribution in [0, 0.1) is 17.8 Å². The summed E-state index contributed by atoms with van der Waals surface area (Å²) in [5.41, 5.74) is 1.11. The maximum absolute atomic E-state index is 11.0. The molecule has 0 aliphatic heterocycles. The third kappa shape index (κ3) is 1.85. The zero-order valence-electron chi connectivity index (χ0n) is 9.92. The lowest BCUT2D eigenvalue weighted by Gasteiger charge is -2.28. The fourth-order valence-corrected chi connectivity index (χ4v) is 3.87. The first-order valence-electron chi connectivity index (χ1n) is 6.31. The molecule has 18 heavy (non-hydrogen) atoms. The van der Waals surface area contributed by atoms with Crippen molar-refractivity contribution in [1.82, 2.24) is 0 Å². The molecule has 0 amide bonds. The summed E-state index contributed by atoms with van der Waals surface area (Å²) in [5, 5.41) is 9.84. The van der Waals surface area contributed by atoms with Crippen molar-refractivity contribution in [2.45, 2.75) is 18.8 Å². The first-order chi connectivity index (χ1) is 8.66. The van der Waals surface area contributed by atoms with Crippen molar-refractivity contribution in [2.75, 3.05) is 0 Å². The van der Waals surface area contributed by atoms with Crippen molar-refractivity contribution in [3.8, 4) is 0 Å². The maximum atomic E-state index is 11.0. The lowest BCUT2D eigenvalue weighted by molar-refractivity contribution is -0.138. The summed E-state index contributed by atoms with van der Waals surface area (Å²) in [6.07, 6.45) is 5.73. The second kappa shape index (κ2) is 4.43. The second-order valence-corrected chi connectivity index (χ2v) is 5.66. The Morgan fingerprint density at radius 1 is 1.28 bits per heavy atom. The molecule has 4 atom stereocenters. The summed E-state index contributed by atoms with van der Waals surface area (Å²) in [6, 6.07) is 7.83. The Kier molecular flexibility index (Phi) is 2.90. The molecule has 1 fully saturated rings. The van der Waals surface area contributed by atoms with Crippen LogP contribution < -0.4 is 0 Å². The molecule has 3 rings (SSSR count). The molecule has 0 aromatic heterocycles. The van der Waals surface area contributed by atoms with Gasteiger partial charge < -0.3 is 5.11 Å². The number of allylic oxidation sites excluding steroid dienone is 2. The van der Waals surface area contributed by atoms with Crippen LogP contribution in [0.5, 0.6) is 0 Å². The highest BCUT2D eigenvalue weighted by Gasteiger charge is 2.46. The molecule has 1 aromatic rings. The van der Waals surface area contributed by atoms with E-state index >= 15 is 0 Å². The van der Waals surface area contributed by atoms with Gasteiger partial charge in [0.1, 0.15) is 0 Å². The third-order valence-electron chi connectivity index (χ3n) is 4.30. The minimum atomic E-state index is -0.710. The van der Waals surface area contributed by atoms with Crippen molar-refractivity contribution in [3.05, 3.63) is 47.0 Å². The van der Waals surface area contributed by atoms with Crippen LogP contribution in [0.15, 0.2) is 36.4 Å². The predicted molar refractivity (Wildman–Crippen MR) is 70.7 cm³/mol. The molecule has 0 radical (unpaired) electrons. The van der Waals surface area contributed by atoms with Crippen LogP contribution in [0.4, 0.5) is 0 Å². The molecule has 3 heteroatoms. The fourth-order valence-electron chi connectivity index (χ4n) is 3.61. The molecule has 0 spiro atoms. The number of carbonyl (C=O) groups is 1. The first-order valence-corrected chi connectivity index (χ1v) is 6.69. The highest BCUT2D eigenvalue weighted by atomic mass is 35.5. The van der Waals surface area contributed by atoms with E-state index in [4.69, 9.17) is 16.7 Å². The number of hydrogen-bond acceptors (Lipinski definition) is 1. The standard InChI is InChI=1S/C15H15ClO2/c16-13-4-2-1-3-11(13)15-10-6-5-9(7-10)12(15)8-14(17)18/h1-6,9-10,12,15H,7-8H2,(H,17,18). The van der Waals surface area contributed by atoms with Gasteiger partial charge in [0.05, 0.1) is 0 Å². The maximum Gasteiger partial charge on any atom is 0.303 e. The van der Waals surface area contributed by atoms with Crippen molar-refractivity contribution in [3.63, 3.8) is 0 Å². The number of halogens is 1. The molecule has 2 nitrogen and oxygen atoms in total. The second-order valence-electron chi connectivity index (χ2n) is 5.26. The van der Waals surface area contributed by atoms with E-state index in [0.29, 0.717) is 11.8 Å². The van der Waals surface area contributed by atoms with Gasteiger partial charge in [0.2, 0.25) is 0 Å². The summed E-state index contributed by atoms with van der Waals surface area (Å²) >= 11 is 6.27. The number of benzene rings is 1. The van der Waals surface area contributed by atoms with E-state index in [1.54, 1.807) is 0 Å². The first kappa shape index (κ1) is 11.8. The zero-order chi connectivity index (χ0) is 12.7. The Labute approximate surface area is 111 Å². The van der Waals surface area contributed by atoms with Crippen LogP contribution in [0.2, 0.25) is 5.02 Å². The lowest BCUT2D eigenvalue weighted by Crippen LogP contribution is -2.21. The number of carboxylic acids is 1. The van der Waals surface area contributed by atoms with Crippen molar-refractivity contribution >= 4 is 17.6 Å². The quantitative estimate of drug-likeness (QED) is 0.843. The molecule has 94 valence electrons. The smallest absolute Gasteiger partial charge is 0.303 e. The van der Waals surface area contributed by atoms with E-state index in [0.717, 1.165) is 17.0 Å². The van der Waals surface area contributed by atoms with Gasteiger partial charge in [-0.2, -0.15) is 0 Å². The van der Waals surface area contributed by atoms with E-state index < -0.39 is 5.97 Å². The molecule has 0 heterocycles. The number of carboxylic acid groups (broad SMARTS) is 1. The van der Waals surface area contributed by atoms with E-state index in [2.05, 4.69) is 12.2 Å². The van der Waals surface area contributed by atoms with Crippen LogP contribution in [-0.4, -0.2) is 11.1 Å². The third-order valence-corrected chi connectivity index (χ3v) is 4.64. The Morgan fingerprint density at radius 3 is 2.72 bits per heavy atom. The average Bonchev–Trinajstić information content (AvgIpc) is 2.90. The Balaban J connectivity index is 1.97. The molecule has 1 N–H and O–H groups in total. The van der Waals surface area contributed by atoms with Gasteiger partial charge in [-0.05, 0) is 41.7 Å². The topological polar surface area (TPSA) is 37.3 Å². The number of rotatable bonds is 3. The number of hydrogen-bond donors (Lipinski definition) is 1. The van der Waals surface area contributed by atoms with Crippen LogP contribution in [0.3, 0.4) is 0 Å². The molecule has 4 unspecified atom stereocenters. The van der Waals surface area contributed by atoms with Gasteiger partial charge in [-0.15, -0.1) is 0 Å². The van der Waals surface area contributed by atoms with Crippen molar-refractivity contribution < 1.29 is 9.90 Å². The van der Waals surface area contributed by atoms with Crippen molar-refractivity contribution in [2.24, 2.45) is 17.8 Å². The Bertz CT molecular complexity index is 509. The minimum absolute atomic E-state index is 0.192. The average molecular weight is 263 g/mol. The van der Waals surface area contributed by atoms with Crippen LogP contribution in [0.1, 0.15) is 24.3 Å². The zero-order valence-corrected chi connectivity index (χ0v) is 10.7. The van der Waals surface area contributed by atoms with E-state index in [1.807, 2.05) is 24.3 Å². The van der Waals surface area contributed by atoms with Gasteiger partial charge in [0.25, 0.3) is 0 Å². The molecule has 1 saturated carbocycles. The molecule has 1 aromatic carbocycles. The van der Waals surface area contributed by atoms with Gasteiger partial charge >= 0.3 is 5.97 Å². The SMILES string of the molecule is O=C(O)CC1C2C=CC(C2)C1c1ccccc1Cl. The highest BCUT2D eigenvalue weighted by molar-refractivity contribution is 6.31. The van der Waals surface area contributed by atoms with Gasteiger partial charge in [-0.1, -0.05) is 42.0 Å². The van der Waals surface area contributed by atoms with Crippen LogP contribution in [0.25, 0.3) is 0 Å². The molecule has 2 bridgehead atoms. The molecule has 2 aliphatic rings. The van der Waals surface area contributed by atoms with Gasteiger partial charge in [0, 0.05) is 11.4 Å². The van der Waals surface area contributed by atoms with Crippen LogP contribution >= 0.6 is 11.6 Å². The molecule has 2 aliphatic carbocycles. The Morgan fingerprint density at radius 2 is 2.00 bits per heavy atom. The van der Waals surface area contributed by atoms with E-state index in [1.165, 1.54) is 0 Å². The van der Waals surface area contributed by atoms with Crippen molar-refractivity contribution in [1.29, 1.82) is 0 Å². The van der Waals surface area contributed by atoms with Gasteiger partial charge in [0.15, 0.2) is 0 Å². The predicted octanol–water partition coefficient (Wildman–Crippen LogP) is 3.72. The number of fused-ring (bicyclic) bond motifs is 2. The van der Waals surface area contributed by atoms with Gasteiger partial charge in [-0.25, -0.2) is 0 Å². The summed E-state index contributed by atoms with van der Waals surface area (Å²) < 4.78 is 0. The summed E-state index contributed by atoms with van der Waals surface area (Å²) in [4.78, 5) is 11.0. The summed E-state index contributed by atoms with van der Waals surface area (Å²) in [6.45, 7) is 0. The van der Waals surface area contributed by atoms with E-state index in [9.17, 15) is 4.79 Å². The monoisotopic (exact) mass is 262 g/mol. The lowest BCUT2D eigenvalue weighted by atomic mass is 9.77.